The summed E-state index contributed by atoms with van der Waals surface area (Å²) in [5, 5.41) is 18.3. The molecule has 26 heavy (non-hydrogen) atoms. The van der Waals surface area contributed by atoms with Gasteiger partial charge in [-0.1, -0.05) is 6.07 Å². The highest BCUT2D eigenvalue weighted by Crippen LogP contribution is 2.36. The second-order valence-corrected chi connectivity index (χ2v) is 6.97. The van der Waals surface area contributed by atoms with Crippen LogP contribution in [-0.2, 0) is 10.0 Å². The third-order valence-corrected chi connectivity index (χ3v) is 4.91. The number of hydrogen-bond acceptors (Lipinski definition) is 6. The molecule has 0 atom stereocenters. The summed E-state index contributed by atoms with van der Waals surface area (Å²) in [4.78, 5) is 22.2. The number of aromatic carboxylic acids is 2. The lowest BCUT2D eigenvalue weighted by molar-refractivity contribution is 0.0686. The molecule has 0 aliphatic carbocycles. The summed E-state index contributed by atoms with van der Waals surface area (Å²) in [5.74, 6) is -2.24. The first-order chi connectivity index (χ1) is 12.3. The number of fused-ring (bicyclic) bond motifs is 1. The largest absolute Gasteiger partial charge is 0.486 e. The number of carboxylic acid groups (broad SMARTS) is 2. The minimum Gasteiger partial charge on any atom is -0.486 e. The number of ether oxygens (including phenoxy) is 2. The number of anilines is 1. The van der Waals surface area contributed by atoms with Crippen LogP contribution in [-0.4, -0.2) is 43.8 Å². The van der Waals surface area contributed by atoms with Crippen LogP contribution in [0.3, 0.4) is 0 Å². The maximum absolute atomic E-state index is 12.6. The summed E-state index contributed by atoms with van der Waals surface area (Å²) in [6, 6.07) is 7.09. The van der Waals surface area contributed by atoms with E-state index in [9.17, 15) is 23.1 Å². The Hall–Kier alpha value is -3.27. The number of nitrogens with one attached hydrogen (secondary N) is 1. The molecule has 9 nitrogen and oxygen atoms in total. The lowest BCUT2D eigenvalue weighted by Gasteiger charge is -2.20. The smallest absolute Gasteiger partial charge is 0.337 e. The quantitative estimate of drug-likeness (QED) is 0.713. The van der Waals surface area contributed by atoms with Gasteiger partial charge in [0.15, 0.2) is 11.5 Å². The minimum absolute atomic E-state index is 0.199. The summed E-state index contributed by atoms with van der Waals surface area (Å²) >= 11 is 0. The second-order valence-electron chi connectivity index (χ2n) is 5.29. The Balaban J connectivity index is 2.03. The van der Waals surface area contributed by atoms with Crippen LogP contribution in [0.5, 0.6) is 11.5 Å². The predicted molar refractivity (Wildman–Crippen MR) is 88.6 cm³/mol. The van der Waals surface area contributed by atoms with Gasteiger partial charge < -0.3 is 19.7 Å². The fourth-order valence-corrected chi connectivity index (χ4v) is 3.47. The molecule has 2 aromatic carbocycles. The molecule has 0 amide bonds. The average Bonchev–Trinajstić information content (AvgIpc) is 2.60. The molecule has 0 radical (unpaired) electrons. The number of carbonyl (C=O) groups is 2. The summed E-state index contributed by atoms with van der Waals surface area (Å²) in [6.45, 7) is 0.491. The second kappa shape index (κ2) is 6.56. The lowest BCUT2D eigenvalue weighted by Crippen LogP contribution is -2.19. The van der Waals surface area contributed by atoms with Crippen LogP contribution in [0, 0.1) is 0 Å². The van der Waals surface area contributed by atoms with Gasteiger partial charge in [-0.3, -0.25) is 4.72 Å². The van der Waals surface area contributed by atoms with Crippen LogP contribution in [0.2, 0.25) is 0 Å². The molecule has 2 aromatic rings. The van der Waals surface area contributed by atoms with Crippen molar-refractivity contribution in [2.24, 2.45) is 0 Å². The number of sulfonamides is 1. The topological polar surface area (TPSA) is 139 Å². The number of benzene rings is 2. The van der Waals surface area contributed by atoms with Gasteiger partial charge in [0.1, 0.15) is 13.2 Å². The van der Waals surface area contributed by atoms with Crippen molar-refractivity contribution in [1.29, 1.82) is 0 Å². The first kappa shape index (κ1) is 17.5. The zero-order chi connectivity index (χ0) is 18.9. The van der Waals surface area contributed by atoms with Crippen LogP contribution < -0.4 is 14.2 Å². The van der Waals surface area contributed by atoms with E-state index in [4.69, 9.17) is 14.6 Å². The van der Waals surface area contributed by atoms with E-state index in [2.05, 4.69) is 4.72 Å². The molecule has 10 heteroatoms. The molecule has 0 bridgehead atoms. The van der Waals surface area contributed by atoms with Crippen molar-refractivity contribution < 1.29 is 37.7 Å². The molecule has 0 spiro atoms. The number of rotatable bonds is 5. The Morgan fingerprint density at radius 3 is 2.23 bits per heavy atom. The van der Waals surface area contributed by atoms with Gasteiger partial charge in [0.05, 0.1) is 21.7 Å². The molecular weight excluding hydrogens is 366 g/mol. The molecule has 0 unspecified atom stereocenters. The Kier molecular flexibility index (Phi) is 4.43. The maximum atomic E-state index is 12.6. The van der Waals surface area contributed by atoms with Gasteiger partial charge in [0.25, 0.3) is 10.0 Å². The standard InChI is InChI=1S/C16H13NO8S/c18-15(19)9-2-1-3-10(6-9)26(22,23)17-12-8-14-13(24-4-5-25-14)7-11(12)16(20)21/h1-3,6-8,17H,4-5H2,(H,18,19)(H,20,21). The van der Waals surface area contributed by atoms with Crippen molar-refractivity contribution in [2.75, 3.05) is 17.9 Å². The number of hydrogen-bond donors (Lipinski definition) is 3. The monoisotopic (exact) mass is 379 g/mol. The van der Waals surface area contributed by atoms with Crippen molar-refractivity contribution in [1.82, 2.24) is 0 Å². The van der Waals surface area contributed by atoms with Crippen LogP contribution in [0.4, 0.5) is 5.69 Å². The molecule has 0 aromatic heterocycles. The summed E-state index contributed by atoms with van der Waals surface area (Å²) in [5.41, 5.74) is -0.761. The molecule has 1 heterocycles. The molecule has 0 saturated heterocycles. The molecule has 1 aliphatic heterocycles. The van der Waals surface area contributed by atoms with E-state index in [0.29, 0.717) is 0 Å². The fraction of sp³-hybridized carbons (Fsp3) is 0.125. The zero-order valence-corrected chi connectivity index (χ0v) is 13.9. The lowest BCUT2D eigenvalue weighted by atomic mass is 10.1. The van der Waals surface area contributed by atoms with Gasteiger partial charge in [-0.05, 0) is 18.2 Å². The van der Waals surface area contributed by atoms with Crippen molar-refractivity contribution >= 4 is 27.6 Å². The zero-order valence-electron chi connectivity index (χ0n) is 13.1. The molecule has 3 N–H and O–H groups in total. The van der Waals surface area contributed by atoms with Gasteiger partial charge in [-0.2, -0.15) is 0 Å². The van der Waals surface area contributed by atoms with Crippen LogP contribution >= 0.6 is 0 Å². The van der Waals surface area contributed by atoms with E-state index < -0.39 is 22.0 Å². The number of carboxylic acids is 2. The molecule has 0 saturated carbocycles. The van der Waals surface area contributed by atoms with E-state index in [1.807, 2.05) is 0 Å². The van der Waals surface area contributed by atoms with E-state index in [-0.39, 0.29) is 46.4 Å². The third kappa shape index (κ3) is 3.40. The first-order valence-electron chi connectivity index (χ1n) is 7.31. The molecule has 0 fully saturated rings. The maximum Gasteiger partial charge on any atom is 0.337 e. The van der Waals surface area contributed by atoms with Crippen molar-refractivity contribution in [3.8, 4) is 11.5 Å². The Morgan fingerprint density at radius 2 is 1.62 bits per heavy atom. The summed E-state index contributed by atoms with van der Waals surface area (Å²) in [7, 11) is -4.22. The Bertz CT molecular complexity index is 999. The van der Waals surface area contributed by atoms with Crippen LogP contribution in [0.25, 0.3) is 0 Å². The van der Waals surface area contributed by atoms with E-state index in [1.165, 1.54) is 30.3 Å². The molecule has 136 valence electrons. The van der Waals surface area contributed by atoms with Gasteiger partial charge in [0.2, 0.25) is 0 Å². The van der Waals surface area contributed by atoms with Crippen LogP contribution in [0.15, 0.2) is 41.3 Å². The van der Waals surface area contributed by atoms with E-state index in [1.54, 1.807) is 0 Å². The Labute approximate surface area is 147 Å². The highest BCUT2D eigenvalue weighted by molar-refractivity contribution is 7.92. The Morgan fingerprint density at radius 1 is 0.962 bits per heavy atom. The van der Waals surface area contributed by atoms with Crippen molar-refractivity contribution in [2.45, 2.75) is 4.90 Å². The molecule has 1 aliphatic rings. The van der Waals surface area contributed by atoms with Gasteiger partial charge in [0, 0.05) is 12.1 Å². The predicted octanol–water partition coefficient (Wildman–Crippen LogP) is 1.66. The van der Waals surface area contributed by atoms with Crippen molar-refractivity contribution in [3.63, 3.8) is 0 Å². The summed E-state index contributed by atoms with van der Waals surface area (Å²) in [6.07, 6.45) is 0. The third-order valence-electron chi connectivity index (χ3n) is 3.55. The first-order valence-corrected chi connectivity index (χ1v) is 8.79. The highest BCUT2D eigenvalue weighted by atomic mass is 32.2. The van der Waals surface area contributed by atoms with E-state index in [0.717, 1.165) is 6.07 Å². The average molecular weight is 379 g/mol. The highest BCUT2D eigenvalue weighted by Gasteiger charge is 2.24. The summed E-state index contributed by atoms with van der Waals surface area (Å²) < 4.78 is 37.9. The van der Waals surface area contributed by atoms with Gasteiger partial charge >= 0.3 is 11.9 Å². The molecule has 3 rings (SSSR count). The van der Waals surface area contributed by atoms with E-state index >= 15 is 0 Å². The van der Waals surface area contributed by atoms with Gasteiger partial charge in [-0.25, -0.2) is 18.0 Å². The fourth-order valence-electron chi connectivity index (χ4n) is 2.35. The van der Waals surface area contributed by atoms with Crippen LogP contribution in [0.1, 0.15) is 20.7 Å². The van der Waals surface area contributed by atoms with Gasteiger partial charge in [-0.15, -0.1) is 0 Å². The minimum atomic E-state index is -4.22. The normalized spacial score (nSPS) is 13.1. The van der Waals surface area contributed by atoms with Crippen molar-refractivity contribution in [3.05, 3.63) is 47.5 Å². The molecular formula is C16H13NO8S. The SMILES string of the molecule is O=C(O)c1cccc(S(=O)(=O)Nc2cc3c(cc2C(=O)O)OCCO3)c1.